The van der Waals surface area contributed by atoms with Gasteiger partial charge in [0.2, 0.25) is 5.95 Å². The van der Waals surface area contributed by atoms with E-state index in [1.165, 1.54) is 22.5 Å². The first-order chi connectivity index (χ1) is 20.7. The smallest absolute Gasteiger partial charge is 0.278 e. The van der Waals surface area contributed by atoms with Crippen molar-refractivity contribution in [2.45, 2.75) is 65.2 Å². The van der Waals surface area contributed by atoms with Crippen molar-refractivity contribution >= 4 is 45.7 Å². The quantitative estimate of drug-likeness (QED) is 0.0715. The molecule has 1 aromatic carbocycles. The first kappa shape index (κ1) is 30.0. The number of rotatable bonds is 10. The summed E-state index contributed by atoms with van der Waals surface area (Å²) in [6.07, 6.45) is 11.2. The van der Waals surface area contributed by atoms with Crippen LogP contribution in [0.4, 0.5) is 11.6 Å². The predicted octanol–water partition coefficient (Wildman–Crippen LogP) is 4.78. The van der Waals surface area contributed by atoms with Gasteiger partial charge < -0.3 is 14.8 Å². The maximum atomic E-state index is 13.4. The normalized spacial score (nSPS) is 15.4. The predicted molar refractivity (Wildman–Crippen MR) is 173 cm³/mol. The minimum absolute atomic E-state index is 0.0884. The summed E-state index contributed by atoms with van der Waals surface area (Å²) in [4.78, 5) is 36.3. The molecular weight excluding hydrogens is 542 g/mol. The standard InChI is InChI=1S/C32H41N9O2/c1-7-15-40-31(43)27-21-33-32(35-30(27)41(40)29(9-8-19-42)36-37(6)22(2)3)34-25-10-11-28-24(20-25)12-18-39(28)26-13-16-38(17-14-26)23(4)5/h7-12,18-23,26H,1,13-17H2,2-6H3,(H,33,34,35)/b9-8-,36-29+. The van der Waals surface area contributed by atoms with Gasteiger partial charge in [-0.1, -0.05) is 6.08 Å². The number of fused-ring (bicyclic) bond motifs is 2. The number of aromatic nitrogens is 5. The zero-order valence-electron chi connectivity index (χ0n) is 25.6. The highest BCUT2D eigenvalue weighted by atomic mass is 16.1. The molecule has 0 bridgehead atoms. The molecule has 226 valence electrons. The van der Waals surface area contributed by atoms with Crippen molar-refractivity contribution in [2.75, 3.05) is 25.5 Å². The monoisotopic (exact) mass is 583 g/mol. The topological polar surface area (TPSA) is 106 Å². The van der Waals surface area contributed by atoms with Gasteiger partial charge in [-0.05, 0) is 77.0 Å². The largest absolute Gasteiger partial charge is 0.344 e. The van der Waals surface area contributed by atoms with Crippen LogP contribution in [0.3, 0.4) is 0 Å². The Morgan fingerprint density at radius 1 is 1.21 bits per heavy atom. The van der Waals surface area contributed by atoms with E-state index in [-0.39, 0.29) is 18.1 Å². The van der Waals surface area contributed by atoms with Crippen LogP contribution < -0.4 is 10.9 Å². The Kier molecular flexibility index (Phi) is 8.91. The van der Waals surface area contributed by atoms with Gasteiger partial charge >= 0.3 is 0 Å². The summed E-state index contributed by atoms with van der Waals surface area (Å²) in [5, 5.41) is 11.2. The summed E-state index contributed by atoms with van der Waals surface area (Å²) in [7, 11) is 1.83. The minimum Gasteiger partial charge on any atom is -0.344 e. The molecule has 1 aliphatic heterocycles. The Balaban J connectivity index is 1.49. The van der Waals surface area contributed by atoms with Crippen molar-refractivity contribution in [1.82, 2.24) is 33.8 Å². The van der Waals surface area contributed by atoms with Crippen LogP contribution in [0.1, 0.15) is 46.6 Å². The van der Waals surface area contributed by atoms with Crippen molar-refractivity contribution < 1.29 is 4.79 Å². The van der Waals surface area contributed by atoms with E-state index in [0.717, 1.165) is 37.0 Å². The molecule has 0 amide bonds. The van der Waals surface area contributed by atoms with E-state index in [0.29, 0.717) is 41.2 Å². The Morgan fingerprint density at radius 3 is 2.65 bits per heavy atom. The summed E-state index contributed by atoms with van der Waals surface area (Å²) in [5.74, 6) is 0.705. The number of hydrazone groups is 1. The van der Waals surface area contributed by atoms with Gasteiger partial charge in [-0.15, -0.1) is 6.58 Å². The maximum absolute atomic E-state index is 13.4. The average molecular weight is 584 g/mol. The van der Waals surface area contributed by atoms with Gasteiger partial charge in [0, 0.05) is 67.2 Å². The second-order valence-electron chi connectivity index (χ2n) is 11.5. The lowest BCUT2D eigenvalue weighted by Gasteiger charge is -2.35. The number of anilines is 2. The van der Waals surface area contributed by atoms with E-state index in [2.05, 4.69) is 69.7 Å². The second-order valence-corrected chi connectivity index (χ2v) is 11.5. The van der Waals surface area contributed by atoms with Crippen molar-refractivity contribution in [3.8, 4) is 0 Å². The summed E-state index contributed by atoms with van der Waals surface area (Å²) in [6, 6.07) is 9.58. The molecule has 3 aromatic heterocycles. The van der Waals surface area contributed by atoms with Crippen LogP contribution in [0.25, 0.3) is 21.9 Å². The molecule has 1 saturated heterocycles. The molecule has 11 heteroatoms. The van der Waals surface area contributed by atoms with Crippen LogP contribution in [0.15, 0.2) is 71.4 Å². The summed E-state index contributed by atoms with van der Waals surface area (Å²) in [6.45, 7) is 14.8. The molecule has 0 saturated carbocycles. The SMILES string of the molecule is C=CCn1c(=O)c2cnc(Nc3ccc4c(ccn4C4CCN(C(C)C)CC4)c3)nc2n1C(/C=C\C=O)=N/N(C)C(C)C. The third-order valence-corrected chi connectivity index (χ3v) is 8.13. The third kappa shape index (κ3) is 6.17. The molecule has 11 nitrogen and oxygen atoms in total. The van der Waals surface area contributed by atoms with Gasteiger partial charge in [0.25, 0.3) is 5.56 Å². The Labute approximate surface area is 251 Å². The van der Waals surface area contributed by atoms with E-state index in [9.17, 15) is 9.59 Å². The Morgan fingerprint density at radius 2 is 1.98 bits per heavy atom. The number of hydrogen-bond acceptors (Lipinski definition) is 8. The number of aldehydes is 1. The van der Waals surface area contributed by atoms with Crippen molar-refractivity contribution in [2.24, 2.45) is 5.10 Å². The van der Waals surface area contributed by atoms with Crippen LogP contribution >= 0.6 is 0 Å². The van der Waals surface area contributed by atoms with E-state index in [4.69, 9.17) is 4.98 Å². The fourth-order valence-electron chi connectivity index (χ4n) is 5.53. The Bertz CT molecular complexity index is 1730. The highest BCUT2D eigenvalue weighted by Gasteiger charge is 2.23. The van der Waals surface area contributed by atoms with Crippen LogP contribution in [-0.2, 0) is 11.3 Å². The fourth-order valence-corrected chi connectivity index (χ4v) is 5.53. The number of allylic oxidation sites excluding steroid dienone is 3. The molecule has 1 N–H and O–H groups in total. The number of piperidine rings is 1. The molecule has 0 atom stereocenters. The minimum atomic E-state index is -0.275. The van der Waals surface area contributed by atoms with Crippen LogP contribution in [0, 0.1) is 0 Å². The second kappa shape index (κ2) is 12.8. The number of nitrogens with one attached hydrogen (secondary N) is 1. The fraction of sp³-hybridized carbons (Fsp3) is 0.406. The van der Waals surface area contributed by atoms with Crippen LogP contribution in [0.2, 0.25) is 0 Å². The Hall–Kier alpha value is -4.51. The molecule has 43 heavy (non-hydrogen) atoms. The number of hydrogen-bond donors (Lipinski definition) is 1. The molecule has 4 aromatic rings. The number of likely N-dealkylation sites (tertiary alicyclic amines) is 1. The molecule has 4 heterocycles. The highest BCUT2D eigenvalue weighted by Crippen LogP contribution is 2.30. The highest BCUT2D eigenvalue weighted by molar-refractivity contribution is 6.01. The van der Waals surface area contributed by atoms with Crippen LogP contribution in [-0.4, -0.2) is 78.2 Å². The van der Waals surface area contributed by atoms with Gasteiger partial charge in [-0.2, -0.15) is 10.1 Å². The van der Waals surface area contributed by atoms with E-state index >= 15 is 0 Å². The number of benzene rings is 1. The van der Waals surface area contributed by atoms with Crippen molar-refractivity contribution in [3.05, 3.63) is 71.8 Å². The van der Waals surface area contributed by atoms with E-state index in [1.54, 1.807) is 21.8 Å². The third-order valence-electron chi connectivity index (χ3n) is 8.13. The van der Waals surface area contributed by atoms with Gasteiger partial charge in [0.1, 0.15) is 11.7 Å². The molecule has 0 unspecified atom stereocenters. The lowest BCUT2D eigenvalue weighted by Crippen LogP contribution is -2.38. The number of nitrogens with zero attached hydrogens (tertiary/aromatic N) is 8. The first-order valence-corrected chi connectivity index (χ1v) is 14.9. The summed E-state index contributed by atoms with van der Waals surface area (Å²) < 4.78 is 5.50. The zero-order chi connectivity index (χ0) is 30.7. The first-order valence-electron chi connectivity index (χ1n) is 14.9. The van der Waals surface area contributed by atoms with Crippen molar-refractivity contribution in [1.29, 1.82) is 0 Å². The average Bonchev–Trinajstić information content (AvgIpc) is 3.53. The van der Waals surface area contributed by atoms with Gasteiger partial charge in [0.15, 0.2) is 11.5 Å². The summed E-state index contributed by atoms with van der Waals surface area (Å²) in [5.41, 5.74) is 2.14. The van der Waals surface area contributed by atoms with Crippen molar-refractivity contribution in [3.63, 3.8) is 0 Å². The van der Waals surface area contributed by atoms with E-state index < -0.39 is 0 Å². The molecule has 1 aliphatic rings. The molecular formula is C32H41N9O2. The molecule has 0 aliphatic carbocycles. The number of carbonyl (C=O) groups excluding carboxylic acids is 1. The van der Waals surface area contributed by atoms with Gasteiger partial charge in [-0.25, -0.2) is 14.3 Å². The molecule has 0 spiro atoms. The lowest BCUT2D eigenvalue weighted by molar-refractivity contribution is -0.104. The number of carbonyl (C=O) groups is 1. The zero-order valence-corrected chi connectivity index (χ0v) is 25.6. The molecule has 5 rings (SSSR count). The molecule has 1 fully saturated rings. The van der Waals surface area contributed by atoms with Gasteiger partial charge in [0.05, 0.1) is 6.54 Å². The van der Waals surface area contributed by atoms with E-state index in [1.807, 2.05) is 27.0 Å². The maximum Gasteiger partial charge on any atom is 0.278 e. The lowest BCUT2D eigenvalue weighted by atomic mass is 10.0. The molecule has 0 radical (unpaired) electrons. The van der Waals surface area contributed by atoms with Crippen LogP contribution in [0.5, 0.6) is 0 Å². The van der Waals surface area contributed by atoms with Gasteiger partial charge in [-0.3, -0.25) is 14.6 Å². The summed E-state index contributed by atoms with van der Waals surface area (Å²) >= 11 is 0.